The van der Waals surface area contributed by atoms with Crippen LogP contribution in [0.5, 0.6) is 5.75 Å². The van der Waals surface area contributed by atoms with Crippen LogP contribution in [0.4, 0.5) is 0 Å². The first-order valence-electron chi connectivity index (χ1n) is 6.77. The summed E-state index contributed by atoms with van der Waals surface area (Å²) < 4.78 is 5.10. The quantitative estimate of drug-likeness (QED) is 0.829. The van der Waals surface area contributed by atoms with Crippen LogP contribution in [0.15, 0.2) is 29.4 Å². The zero-order chi connectivity index (χ0) is 14.2. The number of benzene rings is 1. The molecule has 0 radical (unpaired) electrons. The second-order valence-electron chi connectivity index (χ2n) is 5.48. The molecule has 0 aliphatic carbocycles. The van der Waals surface area contributed by atoms with Crippen LogP contribution < -0.4 is 4.74 Å². The Bertz CT molecular complexity index is 553. The molecular formula is C15H18N2O3. The molecule has 0 N–H and O–H groups in total. The average Bonchev–Trinajstić information content (AvgIpc) is 3.05. The van der Waals surface area contributed by atoms with Crippen LogP contribution >= 0.6 is 0 Å². The first-order valence-corrected chi connectivity index (χ1v) is 6.77. The first kappa shape index (κ1) is 13.0. The lowest BCUT2D eigenvalue weighted by Gasteiger charge is -2.21. The Morgan fingerprint density at radius 1 is 1.40 bits per heavy atom. The van der Waals surface area contributed by atoms with Crippen molar-refractivity contribution in [3.05, 3.63) is 29.8 Å². The molecule has 1 aromatic carbocycles. The third kappa shape index (κ3) is 2.24. The van der Waals surface area contributed by atoms with Crippen molar-refractivity contribution in [1.82, 2.24) is 4.90 Å². The molecule has 1 unspecified atom stereocenters. The first-order chi connectivity index (χ1) is 9.62. The molecule has 1 saturated heterocycles. The smallest absolute Gasteiger partial charge is 0.253 e. The van der Waals surface area contributed by atoms with Crippen molar-refractivity contribution in [3.8, 4) is 5.75 Å². The second-order valence-corrected chi connectivity index (χ2v) is 5.48. The predicted octanol–water partition coefficient (Wildman–Crippen LogP) is 2.08. The zero-order valence-electron chi connectivity index (χ0n) is 11.8. The number of amides is 1. The normalized spacial score (nSPS) is 24.7. The van der Waals surface area contributed by atoms with Crippen LogP contribution in [-0.4, -0.2) is 42.3 Å². The fourth-order valence-corrected chi connectivity index (χ4v) is 2.86. The van der Waals surface area contributed by atoms with Crippen molar-refractivity contribution >= 4 is 11.6 Å². The van der Waals surface area contributed by atoms with Gasteiger partial charge >= 0.3 is 0 Å². The summed E-state index contributed by atoms with van der Waals surface area (Å²) in [6.07, 6.45) is 1.66. The average molecular weight is 274 g/mol. The standard InChI is InChI=1S/C15H18N2O3/c1-11-9-15(20-16-11)7-8-17(10-15)14(18)12-3-5-13(19-2)6-4-12/h3-6H,7-10H2,1-2H3. The van der Waals surface area contributed by atoms with Gasteiger partial charge in [-0.15, -0.1) is 0 Å². The van der Waals surface area contributed by atoms with Gasteiger partial charge in [-0.2, -0.15) is 0 Å². The molecule has 5 nitrogen and oxygen atoms in total. The molecule has 2 aliphatic heterocycles. The second kappa shape index (κ2) is 4.81. The Hall–Kier alpha value is -2.04. The van der Waals surface area contributed by atoms with Gasteiger partial charge in [0.25, 0.3) is 5.91 Å². The number of carbonyl (C=O) groups excluding carboxylic acids is 1. The Morgan fingerprint density at radius 2 is 2.15 bits per heavy atom. The highest BCUT2D eigenvalue weighted by molar-refractivity contribution is 5.94. The molecule has 20 heavy (non-hydrogen) atoms. The maximum Gasteiger partial charge on any atom is 0.253 e. The van der Waals surface area contributed by atoms with E-state index in [1.165, 1.54) is 0 Å². The van der Waals surface area contributed by atoms with E-state index in [0.717, 1.165) is 24.3 Å². The topological polar surface area (TPSA) is 51.1 Å². The number of oxime groups is 1. The Kier molecular flexibility index (Phi) is 3.12. The molecular weight excluding hydrogens is 256 g/mol. The number of nitrogens with zero attached hydrogens (tertiary/aromatic N) is 2. The van der Waals surface area contributed by atoms with E-state index in [0.29, 0.717) is 18.7 Å². The molecule has 2 aliphatic rings. The van der Waals surface area contributed by atoms with Gasteiger partial charge in [-0.1, -0.05) is 5.16 Å². The van der Waals surface area contributed by atoms with Crippen LogP contribution in [0.1, 0.15) is 30.1 Å². The van der Waals surface area contributed by atoms with Crippen LogP contribution in [0, 0.1) is 0 Å². The van der Waals surface area contributed by atoms with Crippen LogP contribution in [0.3, 0.4) is 0 Å². The van der Waals surface area contributed by atoms with E-state index < -0.39 is 0 Å². The maximum absolute atomic E-state index is 12.5. The van der Waals surface area contributed by atoms with Gasteiger partial charge in [-0.05, 0) is 31.2 Å². The van der Waals surface area contributed by atoms with Gasteiger partial charge in [0.1, 0.15) is 5.75 Å². The summed E-state index contributed by atoms with van der Waals surface area (Å²) in [5, 5.41) is 4.02. The summed E-state index contributed by atoms with van der Waals surface area (Å²) in [6.45, 7) is 3.29. The largest absolute Gasteiger partial charge is 0.497 e. The monoisotopic (exact) mass is 274 g/mol. The van der Waals surface area contributed by atoms with E-state index in [1.807, 2.05) is 11.8 Å². The summed E-state index contributed by atoms with van der Waals surface area (Å²) in [5.41, 5.74) is 1.40. The van der Waals surface area contributed by atoms with Gasteiger partial charge in [-0.25, -0.2) is 0 Å². The van der Waals surface area contributed by atoms with E-state index in [9.17, 15) is 4.79 Å². The molecule has 1 amide bonds. The lowest BCUT2D eigenvalue weighted by molar-refractivity contribution is -0.00917. The minimum absolute atomic E-state index is 0.0395. The van der Waals surface area contributed by atoms with Crippen LogP contribution in [-0.2, 0) is 4.84 Å². The van der Waals surface area contributed by atoms with Crippen molar-refractivity contribution in [2.75, 3.05) is 20.2 Å². The Labute approximate surface area is 118 Å². The van der Waals surface area contributed by atoms with Crippen molar-refractivity contribution in [2.24, 2.45) is 5.16 Å². The minimum atomic E-state index is -0.286. The van der Waals surface area contributed by atoms with E-state index in [4.69, 9.17) is 9.57 Å². The Morgan fingerprint density at radius 3 is 2.75 bits per heavy atom. The van der Waals surface area contributed by atoms with Crippen molar-refractivity contribution < 1.29 is 14.4 Å². The summed E-state index contributed by atoms with van der Waals surface area (Å²) >= 11 is 0. The molecule has 5 heteroatoms. The van der Waals surface area contributed by atoms with Gasteiger partial charge in [0.2, 0.25) is 0 Å². The van der Waals surface area contributed by atoms with E-state index >= 15 is 0 Å². The van der Waals surface area contributed by atoms with E-state index in [1.54, 1.807) is 31.4 Å². The fraction of sp³-hybridized carbons (Fsp3) is 0.467. The SMILES string of the molecule is COc1ccc(C(=O)N2CCC3(CC(C)=NO3)C2)cc1. The number of ether oxygens (including phenoxy) is 1. The molecule has 0 aromatic heterocycles. The molecule has 2 heterocycles. The van der Waals surface area contributed by atoms with E-state index in [-0.39, 0.29) is 11.5 Å². The molecule has 3 rings (SSSR count). The van der Waals surface area contributed by atoms with Crippen molar-refractivity contribution in [2.45, 2.75) is 25.4 Å². The number of likely N-dealkylation sites (tertiary alicyclic amines) is 1. The molecule has 106 valence electrons. The summed E-state index contributed by atoms with van der Waals surface area (Å²) in [5.74, 6) is 0.792. The number of carbonyl (C=O) groups is 1. The van der Waals surface area contributed by atoms with Gasteiger partial charge in [0.05, 0.1) is 19.4 Å². The van der Waals surface area contributed by atoms with Crippen molar-refractivity contribution in [1.29, 1.82) is 0 Å². The van der Waals surface area contributed by atoms with Gasteiger partial charge in [0.15, 0.2) is 5.60 Å². The lowest BCUT2D eigenvalue weighted by atomic mass is 9.97. The maximum atomic E-state index is 12.5. The number of rotatable bonds is 2. The number of methoxy groups -OCH3 is 1. The number of hydrogen-bond acceptors (Lipinski definition) is 4. The third-order valence-corrected chi connectivity index (χ3v) is 3.91. The molecule has 1 fully saturated rings. The Balaban J connectivity index is 1.69. The summed E-state index contributed by atoms with van der Waals surface area (Å²) in [6, 6.07) is 7.20. The third-order valence-electron chi connectivity index (χ3n) is 3.91. The molecule has 0 saturated carbocycles. The highest BCUT2D eigenvalue weighted by Crippen LogP contribution is 2.34. The van der Waals surface area contributed by atoms with Gasteiger partial charge in [-0.3, -0.25) is 4.79 Å². The van der Waals surface area contributed by atoms with Crippen LogP contribution in [0.25, 0.3) is 0 Å². The molecule has 1 spiro atoms. The number of hydrogen-bond donors (Lipinski definition) is 0. The van der Waals surface area contributed by atoms with E-state index in [2.05, 4.69) is 5.16 Å². The van der Waals surface area contributed by atoms with Crippen LogP contribution in [0.2, 0.25) is 0 Å². The molecule has 1 atom stereocenters. The minimum Gasteiger partial charge on any atom is -0.497 e. The summed E-state index contributed by atoms with van der Waals surface area (Å²) in [7, 11) is 1.61. The molecule has 1 aromatic rings. The predicted molar refractivity (Wildman–Crippen MR) is 75.1 cm³/mol. The highest BCUT2D eigenvalue weighted by atomic mass is 16.7. The zero-order valence-corrected chi connectivity index (χ0v) is 11.8. The fourth-order valence-electron chi connectivity index (χ4n) is 2.86. The summed E-state index contributed by atoms with van der Waals surface area (Å²) in [4.78, 5) is 19.8. The van der Waals surface area contributed by atoms with Crippen molar-refractivity contribution in [3.63, 3.8) is 0 Å². The highest BCUT2D eigenvalue weighted by Gasteiger charge is 2.45. The van der Waals surface area contributed by atoms with Gasteiger partial charge < -0.3 is 14.5 Å². The van der Waals surface area contributed by atoms with Gasteiger partial charge in [0, 0.05) is 24.9 Å². The molecule has 0 bridgehead atoms. The lowest BCUT2D eigenvalue weighted by Crippen LogP contribution is -2.36.